The molecule has 1 saturated heterocycles. The Labute approximate surface area is 108 Å². The third-order valence-corrected chi connectivity index (χ3v) is 3.81. The number of nitrogens with two attached hydrogens (primary N) is 1. The fraction of sp³-hybridized carbons (Fsp3) is 0.667. The third kappa shape index (κ3) is 2.16. The highest BCUT2D eigenvalue weighted by Crippen LogP contribution is 2.29. The van der Waals surface area contributed by atoms with Gasteiger partial charge in [-0.1, -0.05) is 25.6 Å². The zero-order valence-electron chi connectivity index (χ0n) is 10.7. The van der Waals surface area contributed by atoms with Crippen LogP contribution in [0.5, 0.6) is 0 Å². The third-order valence-electron chi connectivity index (χ3n) is 3.60. The molecule has 1 atom stereocenters. The summed E-state index contributed by atoms with van der Waals surface area (Å²) in [5, 5.41) is 4.44. The van der Waals surface area contributed by atoms with Gasteiger partial charge in [0.05, 0.1) is 11.3 Å². The van der Waals surface area contributed by atoms with E-state index in [0.29, 0.717) is 4.99 Å². The monoisotopic (exact) mass is 252 g/mol. The van der Waals surface area contributed by atoms with Gasteiger partial charge >= 0.3 is 0 Å². The van der Waals surface area contributed by atoms with Crippen molar-refractivity contribution in [2.75, 3.05) is 18.0 Å². The first-order valence-electron chi connectivity index (χ1n) is 6.13. The molecule has 0 saturated carbocycles. The number of nitrogens with zero attached hydrogens (tertiary/aromatic N) is 3. The molecule has 0 amide bonds. The highest BCUT2D eigenvalue weighted by Gasteiger charge is 2.27. The van der Waals surface area contributed by atoms with Crippen molar-refractivity contribution in [2.24, 2.45) is 18.7 Å². The molecule has 2 rings (SSSR count). The summed E-state index contributed by atoms with van der Waals surface area (Å²) in [7, 11) is 1.96. The topological polar surface area (TPSA) is 47.1 Å². The lowest BCUT2D eigenvalue weighted by molar-refractivity contribution is 0.567. The minimum Gasteiger partial charge on any atom is -0.389 e. The molecule has 1 aliphatic heterocycles. The quantitative estimate of drug-likeness (QED) is 0.830. The summed E-state index contributed by atoms with van der Waals surface area (Å²) in [5.41, 5.74) is 7.68. The second-order valence-electron chi connectivity index (χ2n) is 4.78. The van der Waals surface area contributed by atoms with Crippen LogP contribution in [0.25, 0.3) is 0 Å². The van der Waals surface area contributed by atoms with Crippen LogP contribution in [-0.2, 0) is 7.05 Å². The Morgan fingerprint density at radius 2 is 2.29 bits per heavy atom. The van der Waals surface area contributed by atoms with Crippen molar-refractivity contribution in [2.45, 2.75) is 26.7 Å². The summed E-state index contributed by atoms with van der Waals surface area (Å²) >= 11 is 5.14. The Hall–Kier alpha value is -1.10. The standard InChI is InChI=1S/C12H20N4S/c1-4-9-5-6-16(7-9)12-10(11(13)17)8(2)14-15(12)3/h9H,4-7H2,1-3H3,(H2,13,17). The van der Waals surface area contributed by atoms with Gasteiger partial charge in [0.25, 0.3) is 0 Å². The van der Waals surface area contributed by atoms with Gasteiger partial charge in [0.15, 0.2) is 0 Å². The molecule has 5 heteroatoms. The number of aromatic nitrogens is 2. The predicted molar refractivity (Wildman–Crippen MR) is 74.4 cm³/mol. The summed E-state index contributed by atoms with van der Waals surface area (Å²) in [6.07, 6.45) is 2.48. The highest BCUT2D eigenvalue weighted by atomic mass is 32.1. The minimum atomic E-state index is 0.450. The normalized spacial score (nSPS) is 19.9. The first-order valence-corrected chi connectivity index (χ1v) is 6.53. The molecule has 0 aromatic carbocycles. The number of thiocarbonyl (C=S) groups is 1. The molecule has 2 N–H and O–H groups in total. The number of hydrogen-bond donors (Lipinski definition) is 1. The van der Waals surface area contributed by atoms with Crippen LogP contribution in [0.15, 0.2) is 0 Å². The summed E-state index contributed by atoms with van der Waals surface area (Å²) in [6.45, 7) is 6.38. The smallest absolute Gasteiger partial charge is 0.137 e. The predicted octanol–water partition coefficient (Wildman–Crippen LogP) is 1.60. The number of aryl methyl sites for hydroxylation is 2. The SMILES string of the molecule is CCC1CCN(c2c(C(N)=S)c(C)nn2C)C1. The number of rotatable bonds is 3. The molecule has 1 aromatic heterocycles. The van der Waals surface area contributed by atoms with Gasteiger partial charge in [0, 0.05) is 20.1 Å². The molecule has 17 heavy (non-hydrogen) atoms. The molecule has 0 aliphatic carbocycles. The van der Waals surface area contributed by atoms with E-state index in [9.17, 15) is 0 Å². The molecule has 1 unspecified atom stereocenters. The Kier molecular flexibility index (Phi) is 3.38. The fourth-order valence-electron chi connectivity index (χ4n) is 2.66. The summed E-state index contributed by atoms with van der Waals surface area (Å²) in [4.78, 5) is 2.81. The van der Waals surface area contributed by atoms with Gasteiger partial charge in [0.2, 0.25) is 0 Å². The van der Waals surface area contributed by atoms with Gasteiger partial charge in [-0.05, 0) is 19.3 Å². The average Bonchev–Trinajstić information content (AvgIpc) is 2.81. The van der Waals surface area contributed by atoms with Crippen molar-refractivity contribution in [1.29, 1.82) is 0 Å². The molecular formula is C12H20N4S. The van der Waals surface area contributed by atoms with Crippen LogP contribution >= 0.6 is 12.2 Å². The Balaban J connectivity index is 2.35. The molecule has 0 bridgehead atoms. The minimum absolute atomic E-state index is 0.450. The van der Waals surface area contributed by atoms with Gasteiger partial charge in [0.1, 0.15) is 10.8 Å². The number of hydrogen-bond acceptors (Lipinski definition) is 3. The molecule has 94 valence electrons. The average molecular weight is 252 g/mol. The van der Waals surface area contributed by atoms with Crippen molar-refractivity contribution in [3.63, 3.8) is 0 Å². The van der Waals surface area contributed by atoms with Crippen molar-refractivity contribution in [3.8, 4) is 0 Å². The lowest BCUT2D eigenvalue weighted by atomic mass is 10.1. The maximum atomic E-state index is 5.81. The van der Waals surface area contributed by atoms with Gasteiger partial charge in [-0.15, -0.1) is 0 Å². The summed E-state index contributed by atoms with van der Waals surface area (Å²) < 4.78 is 1.90. The van der Waals surface area contributed by atoms with E-state index in [1.54, 1.807) is 0 Å². The van der Waals surface area contributed by atoms with E-state index in [1.165, 1.54) is 12.8 Å². The second kappa shape index (κ2) is 4.64. The maximum Gasteiger partial charge on any atom is 0.137 e. The molecule has 1 aliphatic rings. The van der Waals surface area contributed by atoms with Crippen LogP contribution in [0.3, 0.4) is 0 Å². The first kappa shape index (κ1) is 12.4. The van der Waals surface area contributed by atoms with E-state index in [0.717, 1.165) is 36.1 Å². The lowest BCUT2D eigenvalue weighted by Gasteiger charge is -2.20. The van der Waals surface area contributed by atoms with Crippen LogP contribution in [0.1, 0.15) is 31.0 Å². The van der Waals surface area contributed by atoms with E-state index < -0.39 is 0 Å². The molecule has 1 fully saturated rings. The van der Waals surface area contributed by atoms with Gasteiger partial charge in [-0.25, -0.2) is 0 Å². The molecular weight excluding hydrogens is 232 g/mol. The van der Waals surface area contributed by atoms with E-state index >= 15 is 0 Å². The Morgan fingerprint density at radius 1 is 1.59 bits per heavy atom. The van der Waals surface area contributed by atoms with E-state index in [1.807, 2.05) is 18.7 Å². The molecule has 0 radical (unpaired) electrons. The van der Waals surface area contributed by atoms with Gasteiger partial charge in [-0.2, -0.15) is 5.10 Å². The lowest BCUT2D eigenvalue weighted by Crippen LogP contribution is -2.25. The zero-order chi connectivity index (χ0) is 12.6. The molecule has 4 nitrogen and oxygen atoms in total. The maximum absolute atomic E-state index is 5.81. The van der Waals surface area contributed by atoms with Crippen LogP contribution < -0.4 is 10.6 Å². The zero-order valence-corrected chi connectivity index (χ0v) is 11.5. The van der Waals surface area contributed by atoms with E-state index in [-0.39, 0.29) is 0 Å². The summed E-state index contributed by atoms with van der Waals surface area (Å²) in [6, 6.07) is 0. The van der Waals surface area contributed by atoms with Crippen molar-refractivity contribution >= 4 is 23.0 Å². The van der Waals surface area contributed by atoms with Crippen molar-refractivity contribution in [1.82, 2.24) is 9.78 Å². The van der Waals surface area contributed by atoms with E-state index in [4.69, 9.17) is 18.0 Å². The molecule has 1 aromatic rings. The molecule has 2 heterocycles. The van der Waals surface area contributed by atoms with Crippen LogP contribution in [-0.4, -0.2) is 27.9 Å². The van der Waals surface area contributed by atoms with E-state index in [2.05, 4.69) is 16.9 Å². The fourth-order valence-corrected chi connectivity index (χ4v) is 2.89. The van der Waals surface area contributed by atoms with Gasteiger partial charge in [-0.3, -0.25) is 4.68 Å². The first-order chi connectivity index (χ1) is 8.04. The van der Waals surface area contributed by atoms with Gasteiger partial charge < -0.3 is 10.6 Å². The van der Waals surface area contributed by atoms with Crippen LogP contribution in [0.4, 0.5) is 5.82 Å². The Bertz CT molecular complexity index is 438. The van der Waals surface area contributed by atoms with Crippen LogP contribution in [0.2, 0.25) is 0 Å². The van der Waals surface area contributed by atoms with Crippen molar-refractivity contribution in [3.05, 3.63) is 11.3 Å². The summed E-state index contributed by atoms with van der Waals surface area (Å²) in [5.74, 6) is 1.87. The number of anilines is 1. The second-order valence-corrected chi connectivity index (χ2v) is 5.22. The highest BCUT2D eigenvalue weighted by molar-refractivity contribution is 7.80. The van der Waals surface area contributed by atoms with Crippen LogP contribution in [0, 0.1) is 12.8 Å². The largest absolute Gasteiger partial charge is 0.389 e. The Morgan fingerprint density at radius 3 is 2.82 bits per heavy atom. The molecule has 0 spiro atoms. The van der Waals surface area contributed by atoms with Crippen molar-refractivity contribution < 1.29 is 0 Å².